The van der Waals surface area contributed by atoms with Gasteiger partial charge in [0.15, 0.2) is 0 Å². The van der Waals surface area contributed by atoms with Crippen molar-refractivity contribution in [3.8, 4) is 44.5 Å². The van der Waals surface area contributed by atoms with Crippen LogP contribution >= 0.6 is 0 Å². The van der Waals surface area contributed by atoms with Crippen molar-refractivity contribution in [2.75, 3.05) is 4.90 Å². The molecule has 0 bridgehead atoms. The molecule has 1 heteroatoms. The Hall–Kier alpha value is -7.22. The lowest BCUT2D eigenvalue weighted by molar-refractivity contribution is 0.660. The topological polar surface area (TPSA) is 3.24 Å². The van der Waals surface area contributed by atoms with Crippen LogP contribution in [0.4, 0.5) is 17.1 Å². The van der Waals surface area contributed by atoms with E-state index in [9.17, 15) is 0 Å². The predicted octanol–water partition coefficient (Wildman–Crippen LogP) is 15.2. The highest BCUT2D eigenvalue weighted by atomic mass is 15.1. The van der Waals surface area contributed by atoms with E-state index < -0.39 is 5.41 Å². The van der Waals surface area contributed by atoms with Gasteiger partial charge in [0.25, 0.3) is 0 Å². The Morgan fingerprint density at radius 2 is 0.797 bits per heavy atom. The summed E-state index contributed by atoms with van der Waals surface area (Å²) < 4.78 is 0. The minimum absolute atomic E-state index is 0.138. The first-order valence-electron chi connectivity index (χ1n) is 20.7. The summed E-state index contributed by atoms with van der Waals surface area (Å²) >= 11 is 0. The summed E-state index contributed by atoms with van der Waals surface area (Å²) in [5.41, 5.74) is 20.7. The Labute approximate surface area is 347 Å². The van der Waals surface area contributed by atoms with Crippen LogP contribution in [0, 0.1) is 0 Å². The molecule has 0 heterocycles. The Balaban J connectivity index is 1.16. The Morgan fingerprint density at radius 1 is 0.305 bits per heavy atom. The molecule has 0 aliphatic heterocycles. The number of anilines is 3. The normalized spacial score (nSPS) is 13.9. The van der Waals surface area contributed by atoms with Crippen molar-refractivity contribution < 1.29 is 0 Å². The first-order chi connectivity index (χ1) is 29.0. The molecular formula is C58H43N. The summed E-state index contributed by atoms with van der Waals surface area (Å²) in [6, 6.07) is 82.9. The standard InChI is InChI=1S/C58H43N/c1-57(2)52-37-35-46(38-51(52)56-48(27-17-29-54(56)57)42-20-9-4-10-21-42)59(45-32-30-41(31-33-45)40-18-7-3-8-19-40)47-34-36-50-49-26-15-16-28-53(49)58(55(50)39-47,43-22-11-5-12-23-43)44-24-13-6-14-25-44/h3-39H,1-2H3. The predicted molar refractivity (Wildman–Crippen MR) is 247 cm³/mol. The number of hydrogen-bond donors (Lipinski definition) is 0. The van der Waals surface area contributed by atoms with Gasteiger partial charge in [0.1, 0.15) is 0 Å². The lowest BCUT2D eigenvalue weighted by Gasteiger charge is -2.35. The lowest BCUT2D eigenvalue weighted by Crippen LogP contribution is -2.28. The summed E-state index contributed by atoms with van der Waals surface area (Å²) in [4.78, 5) is 2.47. The van der Waals surface area contributed by atoms with Crippen LogP contribution in [0.5, 0.6) is 0 Å². The van der Waals surface area contributed by atoms with Gasteiger partial charge in [-0.25, -0.2) is 0 Å². The van der Waals surface area contributed by atoms with Crippen LogP contribution in [0.25, 0.3) is 44.5 Å². The second-order valence-electron chi connectivity index (χ2n) is 16.5. The fourth-order valence-electron chi connectivity index (χ4n) is 10.2. The van der Waals surface area contributed by atoms with Gasteiger partial charge in [0, 0.05) is 22.5 Å². The van der Waals surface area contributed by atoms with Crippen LogP contribution in [-0.4, -0.2) is 0 Å². The number of fused-ring (bicyclic) bond motifs is 6. The molecule has 0 saturated heterocycles. The van der Waals surface area contributed by atoms with Crippen LogP contribution in [0.3, 0.4) is 0 Å². The summed E-state index contributed by atoms with van der Waals surface area (Å²) in [5.74, 6) is 0. The molecule has 59 heavy (non-hydrogen) atoms. The van der Waals surface area contributed by atoms with Crippen molar-refractivity contribution in [3.05, 3.63) is 258 Å². The Bertz CT molecular complexity index is 2940. The van der Waals surface area contributed by atoms with E-state index in [1.54, 1.807) is 0 Å². The van der Waals surface area contributed by atoms with Gasteiger partial charge in [-0.05, 0) is 114 Å². The maximum Gasteiger partial charge on any atom is 0.0714 e. The van der Waals surface area contributed by atoms with E-state index in [0.717, 1.165) is 17.1 Å². The highest BCUT2D eigenvalue weighted by molar-refractivity contribution is 5.95. The quantitative estimate of drug-likeness (QED) is 0.157. The van der Waals surface area contributed by atoms with E-state index in [2.05, 4.69) is 243 Å². The molecular weight excluding hydrogens is 711 g/mol. The minimum Gasteiger partial charge on any atom is -0.310 e. The third-order valence-electron chi connectivity index (χ3n) is 13.0. The van der Waals surface area contributed by atoms with Crippen LogP contribution in [0.1, 0.15) is 47.2 Å². The van der Waals surface area contributed by atoms with Crippen LogP contribution in [0.2, 0.25) is 0 Å². The lowest BCUT2D eigenvalue weighted by atomic mass is 9.67. The minimum atomic E-state index is -0.501. The number of hydrogen-bond acceptors (Lipinski definition) is 1. The molecule has 0 saturated carbocycles. The highest BCUT2D eigenvalue weighted by Gasteiger charge is 2.46. The molecule has 0 aromatic heterocycles. The monoisotopic (exact) mass is 753 g/mol. The molecule has 0 unspecified atom stereocenters. The van der Waals surface area contributed by atoms with Gasteiger partial charge in [-0.15, -0.1) is 0 Å². The van der Waals surface area contributed by atoms with Crippen molar-refractivity contribution in [2.45, 2.75) is 24.7 Å². The molecule has 0 amide bonds. The second kappa shape index (κ2) is 13.7. The Kier molecular flexibility index (Phi) is 8.13. The zero-order chi connectivity index (χ0) is 39.6. The van der Waals surface area contributed by atoms with Crippen LogP contribution < -0.4 is 4.90 Å². The zero-order valence-electron chi connectivity index (χ0n) is 33.3. The highest BCUT2D eigenvalue weighted by Crippen LogP contribution is 2.58. The molecule has 9 aromatic carbocycles. The second-order valence-corrected chi connectivity index (χ2v) is 16.5. The van der Waals surface area contributed by atoms with E-state index in [1.807, 2.05) is 0 Å². The zero-order valence-corrected chi connectivity index (χ0v) is 33.3. The number of rotatable bonds is 7. The SMILES string of the molecule is CC1(C)c2ccc(N(c3ccc(-c4ccccc4)cc3)c3ccc4c(c3)C(c3ccccc3)(c3ccccc3)c3ccccc3-4)cc2-c2c(-c3ccccc3)cccc21. The molecule has 0 radical (unpaired) electrons. The largest absolute Gasteiger partial charge is 0.310 e. The first-order valence-corrected chi connectivity index (χ1v) is 20.7. The third kappa shape index (κ3) is 5.39. The molecule has 0 spiro atoms. The maximum atomic E-state index is 2.47. The number of benzene rings is 9. The van der Waals surface area contributed by atoms with E-state index in [-0.39, 0.29) is 5.41 Å². The van der Waals surface area contributed by atoms with Gasteiger partial charge in [-0.2, -0.15) is 0 Å². The molecule has 9 aromatic rings. The molecule has 2 aliphatic carbocycles. The van der Waals surface area contributed by atoms with Crippen LogP contribution in [0.15, 0.2) is 224 Å². The summed E-state index contributed by atoms with van der Waals surface area (Å²) in [6.07, 6.45) is 0. The van der Waals surface area contributed by atoms with Gasteiger partial charge in [0.05, 0.1) is 5.41 Å². The molecule has 0 atom stereocenters. The van der Waals surface area contributed by atoms with E-state index in [4.69, 9.17) is 0 Å². The molecule has 0 fully saturated rings. The molecule has 280 valence electrons. The molecule has 2 aliphatic rings. The van der Waals surface area contributed by atoms with Gasteiger partial charge >= 0.3 is 0 Å². The molecule has 1 nitrogen and oxygen atoms in total. The van der Waals surface area contributed by atoms with Crippen molar-refractivity contribution >= 4 is 17.1 Å². The van der Waals surface area contributed by atoms with Crippen LogP contribution in [-0.2, 0) is 10.8 Å². The van der Waals surface area contributed by atoms with Crippen molar-refractivity contribution in [3.63, 3.8) is 0 Å². The number of nitrogens with zero attached hydrogens (tertiary/aromatic N) is 1. The molecule has 0 N–H and O–H groups in total. The third-order valence-corrected chi connectivity index (χ3v) is 13.0. The van der Waals surface area contributed by atoms with Gasteiger partial charge in [0.2, 0.25) is 0 Å². The average Bonchev–Trinajstić information content (AvgIpc) is 3.73. The smallest absolute Gasteiger partial charge is 0.0714 e. The van der Waals surface area contributed by atoms with E-state index in [0.29, 0.717) is 0 Å². The summed E-state index contributed by atoms with van der Waals surface area (Å²) in [5, 5.41) is 0. The summed E-state index contributed by atoms with van der Waals surface area (Å²) in [6.45, 7) is 4.74. The maximum absolute atomic E-state index is 2.47. The van der Waals surface area contributed by atoms with E-state index in [1.165, 1.54) is 77.9 Å². The Morgan fingerprint density at radius 3 is 1.47 bits per heavy atom. The van der Waals surface area contributed by atoms with Crippen molar-refractivity contribution in [1.29, 1.82) is 0 Å². The van der Waals surface area contributed by atoms with Gasteiger partial charge in [-0.3, -0.25) is 0 Å². The summed E-state index contributed by atoms with van der Waals surface area (Å²) in [7, 11) is 0. The van der Waals surface area contributed by atoms with Crippen molar-refractivity contribution in [2.24, 2.45) is 0 Å². The van der Waals surface area contributed by atoms with Gasteiger partial charge in [-0.1, -0.05) is 202 Å². The molecule has 11 rings (SSSR count). The average molecular weight is 754 g/mol. The fraction of sp³-hybridized carbons (Fsp3) is 0.0690. The van der Waals surface area contributed by atoms with Gasteiger partial charge < -0.3 is 4.90 Å². The van der Waals surface area contributed by atoms with E-state index >= 15 is 0 Å². The fourth-order valence-corrected chi connectivity index (χ4v) is 10.2. The van der Waals surface area contributed by atoms with Crippen molar-refractivity contribution in [1.82, 2.24) is 0 Å². The first kappa shape index (κ1) is 35.0.